The first-order valence-electron chi connectivity index (χ1n) is 9.29. The predicted octanol–water partition coefficient (Wildman–Crippen LogP) is 2.95. The zero-order chi connectivity index (χ0) is 22.3. The van der Waals surface area contributed by atoms with Gasteiger partial charge in [-0.15, -0.1) is 0 Å². The molecule has 31 heavy (non-hydrogen) atoms. The van der Waals surface area contributed by atoms with E-state index in [0.29, 0.717) is 17.1 Å². The Bertz CT molecular complexity index is 1370. The summed E-state index contributed by atoms with van der Waals surface area (Å²) in [6, 6.07) is 14.1. The fourth-order valence-corrected chi connectivity index (χ4v) is 3.55. The van der Waals surface area contributed by atoms with Crippen LogP contribution in [0, 0.1) is 10.5 Å². The van der Waals surface area contributed by atoms with Crippen molar-refractivity contribution < 1.29 is 9.90 Å². The van der Waals surface area contributed by atoms with Crippen molar-refractivity contribution in [3.8, 4) is 11.6 Å². The van der Waals surface area contributed by atoms with Crippen molar-refractivity contribution in [2.75, 3.05) is 5.01 Å². The first-order valence-corrected chi connectivity index (χ1v) is 10.4. The number of aryl methyl sites for hydroxylation is 1. The van der Waals surface area contributed by atoms with Crippen LogP contribution in [0.25, 0.3) is 11.8 Å². The molecule has 0 saturated heterocycles. The van der Waals surface area contributed by atoms with E-state index in [0.717, 1.165) is 13.7 Å². The Hall–Kier alpha value is -3.47. The number of hydrogen-bond donors (Lipinski definition) is 2. The molecule has 2 N–H and O–H groups in total. The van der Waals surface area contributed by atoms with Gasteiger partial charge in [0.2, 0.25) is 5.88 Å². The minimum atomic E-state index is -0.799. The third kappa shape index (κ3) is 3.83. The maximum atomic E-state index is 13.0. The van der Waals surface area contributed by atoms with Crippen molar-refractivity contribution in [3.63, 3.8) is 0 Å². The molecule has 0 spiro atoms. The fourth-order valence-electron chi connectivity index (χ4n) is 3.19. The van der Waals surface area contributed by atoms with E-state index >= 15 is 0 Å². The minimum Gasteiger partial charge on any atom is -0.494 e. The Morgan fingerprint density at radius 2 is 1.58 bits per heavy atom. The molecule has 1 aliphatic rings. The lowest BCUT2D eigenvalue weighted by Crippen LogP contribution is -2.30. The molecule has 0 radical (unpaired) electrons. The highest BCUT2D eigenvalue weighted by atomic mass is 127. The second-order valence-electron chi connectivity index (χ2n) is 7.00. The van der Waals surface area contributed by atoms with E-state index in [9.17, 15) is 19.5 Å². The van der Waals surface area contributed by atoms with Crippen molar-refractivity contribution in [2.45, 2.75) is 13.8 Å². The number of benzene rings is 2. The average Bonchev–Trinajstić information content (AvgIpc) is 3.01. The zero-order valence-electron chi connectivity index (χ0n) is 16.6. The molecule has 0 saturated carbocycles. The lowest BCUT2D eigenvalue weighted by Gasteiger charge is -2.12. The molecule has 0 unspecified atom stereocenters. The molecule has 0 aliphatic carbocycles. The predicted molar refractivity (Wildman–Crippen MR) is 127 cm³/mol. The number of H-pyrrole nitrogens is 1. The number of carbonyl (C=O) groups excluding carboxylic acids is 1. The van der Waals surface area contributed by atoms with Crippen LogP contribution < -0.4 is 16.3 Å². The van der Waals surface area contributed by atoms with E-state index in [1.165, 1.54) is 11.1 Å². The second kappa shape index (κ2) is 7.99. The number of nitrogens with one attached hydrogen (secondary N) is 1. The van der Waals surface area contributed by atoms with Gasteiger partial charge in [0.15, 0.2) is 0 Å². The Labute approximate surface area is 190 Å². The Balaban J connectivity index is 1.81. The molecular weight excluding hydrogens is 511 g/mol. The summed E-state index contributed by atoms with van der Waals surface area (Å²) in [4.78, 5) is 40.0. The third-order valence-electron chi connectivity index (χ3n) is 4.84. The van der Waals surface area contributed by atoms with Crippen molar-refractivity contribution in [2.24, 2.45) is 5.10 Å². The van der Waals surface area contributed by atoms with E-state index in [1.54, 1.807) is 43.3 Å². The van der Waals surface area contributed by atoms with Crippen LogP contribution in [0.15, 0.2) is 68.8 Å². The smallest absolute Gasteiger partial charge is 0.335 e. The van der Waals surface area contributed by atoms with Crippen LogP contribution in [0.2, 0.25) is 0 Å². The summed E-state index contributed by atoms with van der Waals surface area (Å²) < 4.78 is 2.00. The zero-order valence-corrected chi connectivity index (χ0v) is 18.7. The van der Waals surface area contributed by atoms with Crippen LogP contribution in [0.1, 0.15) is 18.1 Å². The van der Waals surface area contributed by atoms with E-state index in [1.807, 2.05) is 19.1 Å². The van der Waals surface area contributed by atoms with E-state index in [2.05, 4.69) is 32.7 Å². The molecule has 1 amide bonds. The van der Waals surface area contributed by atoms with Gasteiger partial charge in [-0.1, -0.05) is 17.7 Å². The van der Waals surface area contributed by atoms with Crippen molar-refractivity contribution in [3.05, 3.63) is 89.6 Å². The summed E-state index contributed by atoms with van der Waals surface area (Å²) in [6.07, 6.45) is 1.26. The van der Waals surface area contributed by atoms with E-state index < -0.39 is 23.0 Å². The van der Waals surface area contributed by atoms with Gasteiger partial charge in [0.05, 0.1) is 22.7 Å². The third-order valence-corrected chi connectivity index (χ3v) is 5.55. The van der Waals surface area contributed by atoms with Crippen molar-refractivity contribution >= 4 is 46.0 Å². The van der Waals surface area contributed by atoms with Gasteiger partial charge in [-0.2, -0.15) is 10.1 Å². The highest BCUT2D eigenvalue weighted by Crippen LogP contribution is 2.27. The number of rotatable bonds is 3. The van der Waals surface area contributed by atoms with Gasteiger partial charge in [-0.05, 0) is 78.9 Å². The molecule has 1 aliphatic heterocycles. The van der Waals surface area contributed by atoms with Crippen molar-refractivity contribution in [1.29, 1.82) is 0 Å². The number of halogens is 1. The Morgan fingerprint density at radius 1 is 0.968 bits per heavy atom. The summed E-state index contributed by atoms with van der Waals surface area (Å²) in [7, 11) is 0. The van der Waals surface area contributed by atoms with Crippen LogP contribution in [-0.2, 0) is 4.79 Å². The largest absolute Gasteiger partial charge is 0.494 e. The van der Waals surface area contributed by atoms with E-state index in [-0.39, 0.29) is 11.1 Å². The maximum Gasteiger partial charge on any atom is 0.335 e. The van der Waals surface area contributed by atoms with Crippen LogP contribution in [0.4, 0.5) is 5.69 Å². The lowest BCUT2D eigenvalue weighted by atomic mass is 10.1. The quantitative estimate of drug-likeness (QED) is 0.403. The standard InChI is InChI=1S/C22H17IN4O4/c1-12-3-7-15(8-4-12)26-20(29)18(19(28)24-22(26)31)11-17-13(2)25-27(21(17)30)16-9-5-14(23)6-10-16/h3-11,29H,1-2H3,(H,24,28,31)/b17-11-. The molecule has 2 heterocycles. The van der Waals surface area contributed by atoms with Gasteiger partial charge in [0.25, 0.3) is 11.5 Å². The molecule has 1 aromatic heterocycles. The molecule has 156 valence electrons. The topological polar surface area (TPSA) is 108 Å². The average molecular weight is 528 g/mol. The summed E-state index contributed by atoms with van der Waals surface area (Å²) >= 11 is 2.16. The van der Waals surface area contributed by atoms with Gasteiger partial charge in [0, 0.05) is 3.57 Å². The van der Waals surface area contributed by atoms with E-state index in [4.69, 9.17) is 0 Å². The molecule has 2 aromatic carbocycles. The number of carbonyl (C=O) groups is 1. The van der Waals surface area contributed by atoms with Gasteiger partial charge in [-0.3, -0.25) is 14.6 Å². The number of aromatic hydroxyl groups is 1. The molecular formula is C22H17IN4O4. The minimum absolute atomic E-state index is 0.147. The lowest BCUT2D eigenvalue weighted by molar-refractivity contribution is -0.114. The molecule has 3 aromatic rings. The highest BCUT2D eigenvalue weighted by molar-refractivity contribution is 14.1. The van der Waals surface area contributed by atoms with Crippen LogP contribution in [-0.4, -0.2) is 26.3 Å². The number of hydrogen-bond acceptors (Lipinski definition) is 5. The number of hydrazone groups is 1. The van der Waals surface area contributed by atoms with Gasteiger partial charge in [-0.25, -0.2) is 9.36 Å². The number of amides is 1. The SMILES string of the molecule is CC1=NN(c2ccc(I)cc2)C(=O)/C1=C\c1c(O)n(-c2ccc(C)cc2)c(=O)[nH]c1=O. The summed E-state index contributed by atoms with van der Waals surface area (Å²) in [5.41, 5.74) is 0.681. The molecule has 0 atom stereocenters. The molecule has 0 fully saturated rings. The number of nitrogens with zero attached hydrogens (tertiary/aromatic N) is 3. The van der Waals surface area contributed by atoms with Gasteiger partial charge >= 0.3 is 5.69 Å². The van der Waals surface area contributed by atoms with Crippen LogP contribution in [0.5, 0.6) is 5.88 Å². The summed E-state index contributed by atoms with van der Waals surface area (Å²) in [6.45, 7) is 3.53. The van der Waals surface area contributed by atoms with Gasteiger partial charge < -0.3 is 5.11 Å². The van der Waals surface area contributed by atoms with Gasteiger partial charge in [0.1, 0.15) is 5.56 Å². The first-order chi connectivity index (χ1) is 14.8. The first kappa shape index (κ1) is 20.8. The number of aromatic amines is 1. The fraction of sp³-hybridized carbons (Fsp3) is 0.0909. The maximum absolute atomic E-state index is 13.0. The number of aromatic nitrogens is 2. The Morgan fingerprint density at radius 3 is 2.23 bits per heavy atom. The number of anilines is 1. The summed E-state index contributed by atoms with van der Waals surface area (Å²) in [5, 5.41) is 16.3. The highest BCUT2D eigenvalue weighted by Gasteiger charge is 2.29. The normalized spacial score (nSPS) is 14.9. The molecule has 4 rings (SSSR count). The second-order valence-corrected chi connectivity index (χ2v) is 8.25. The van der Waals surface area contributed by atoms with Crippen molar-refractivity contribution in [1.82, 2.24) is 9.55 Å². The molecule has 8 nitrogen and oxygen atoms in total. The van der Waals surface area contributed by atoms with Crippen LogP contribution >= 0.6 is 22.6 Å². The Kier molecular flexibility index (Phi) is 5.36. The monoisotopic (exact) mass is 528 g/mol. The molecule has 9 heteroatoms. The van der Waals surface area contributed by atoms with Crippen LogP contribution in [0.3, 0.4) is 0 Å². The summed E-state index contributed by atoms with van der Waals surface area (Å²) in [5.74, 6) is -0.996. The molecule has 0 bridgehead atoms.